The van der Waals surface area contributed by atoms with Gasteiger partial charge in [0.25, 0.3) is 0 Å². The van der Waals surface area contributed by atoms with Gasteiger partial charge in [-0.05, 0) is 60.4 Å². The lowest BCUT2D eigenvalue weighted by atomic mass is 10.0. The number of anilines is 2. The zero-order valence-electron chi connectivity index (χ0n) is 17.9. The summed E-state index contributed by atoms with van der Waals surface area (Å²) in [5.74, 6) is 0. The van der Waals surface area contributed by atoms with Crippen molar-refractivity contribution in [2.75, 3.05) is 10.6 Å². The van der Waals surface area contributed by atoms with E-state index in [1.54, 1.807) is 0 Å². The first kappa shape index (κ1) is 19.7. The second-order valence-corrected chi connectivity index (χ2v) is 9.35. The fourth-order valence-corrected chi connectivity index (χ4v) is 5.52. The quantitative estimate of drug-likeness (QED) is 0.298. The minimum Gasteiger partial charge on any atom is -0.398 e. The molecule has 4 aromatic carbocycles. The van der Waals surface area contributed by atoms with Crippen LogP contribution >= 0.6 is 11.3 Å². The summed E-state index contributed by atoms with van der Waals surface area (Å²) in [4.78, 5) is 2.49. The number of hydrogen-bond acceptors (Lipinski definition) is 3. The molecule has 2 nitrogen and oxygen atoms in total. The Hall–Kier alpha value is -3.30. The van der Waals surface area contributed by atoms with Gasteiger partial charge in [-0.25, -0.2) is 0 Å². The van der Waals surface area contributed by atoms with Crippen LogP contribution in [0.4, 0.5) is 11.4 Å². The molecule has 0 spiro atoms. The summed E-state index contributed by atoms with van der Waals surface area (Å²) in [7, 11) is 0. The maximum Gasteiger partial charge on any atom is 0.0433 e. The van der Waals surface area contributed by atoms with Gasteiger partial charge in [0.05, 0.1) is 0 Å². The van der Waals surface area contributed by atoms with E-state index in [2.05, 4.69) is 104 Å². The van der Waals surface area contributed by atoms with E-state index in [1.807, 2.05) is 11.3 Å². The van der Waals surface area contributed by atoms with Crippen molar-refractivity contribution < 1.29 is 0 Å². The third kappa shape index (κ3) is 3.89. The first-order valence-electron chi connectivity index (χ1n) is 10.6. The van der Waals surface area contributed by atoms with Gasteiger partial charge in [0.2, 0.25) is 0 Å². The minimum atomic E-state index is 0.861. The van der Waals surface area contributed by atoms with Gasteiger partial charge in [0, 0.05) is 44.6 Å². The normalized spacial score (nSPS) is 11.3. The maximum absolute atomic E-state index is 6.26. The van der Waals surface area contributed by atoms with E-state index in [-0.39, 0.29) is 0 Å². The molecule has 0 saturated heterocycles. The highest BCUT2D eigenvalue weighted by atomic mass is 32.1. The number of nitrogens with two attached hydrogens (primary N) is 1. The molecule has 31 heavy (non-hydrogen) atoms. The molecule has 5 aromatic rings. The predicted molar refractivity (Wildman–Crippen MR) is 136 cm³/mol. The molecule has 0 unspecified atom stereocenters. The molecule has 3 heteroatoms. The highest BCUT2D eigenvalue weighted by Crippen LogP contribution is 2.40. The Bertz CT molecular complexity index is 1310. The molecule has 1 heterocycles. The molecule has 1 aromatic heterocycles. The first-order chi connectivity index (χ1) is 15.1. The summed E-state index contributed by atoms with van der Waals surface area (Å²) in [6, 6.07) is 30.5. The third-order valence-electron chi connectivity index (χ3n) is 5.95. The number of rotatable bonds is 5. The summed E-state index contributed by atoms with van der Waals surface area (Å²) in [5.41, 5.74) is 13.5. The van der Waals surface area contributed by atoms with Gasteiger partial charge in [-0.2, -0.15) is 0 Å². The number of fused-ring (bicyclic) bond motifs is 3. The zero-order chi connectivity index (χ0) is 21.4. The number of nitrogens with zero attached hydrogens (tertiary/aromatic N) is 1. The summed E-state index contributed by atoms with van der Waals surface area (Å²) >= 11 is 1.85. The van der Waals surface area contributed by atoms with Crippen LogP contribution in [0.3, 0.4) is 0 Å². The molecule has 0 amide bonds. The van der Waals surface area contributed by atoms with Gasteiger partial charge in [-0.3, -0.25) is 0 Å². The molecule has 0 saturated carbocycles. The van der Waals surface area contributed by atoms with Crippen molar-refractivity contribution in [3.63, 3.8) is 0 Å². The Balaban J connectivity index is 1.64. The van der Waals surface area contributed by atoms with Crippen molar-refractivity contribution in [1.82, 2.24) is 0 Å². The Morgan fingerprint density at radius 1 is 0.677 bits per heavy atom. The van der Waals surface area contributed by atoms with Crippen LogP contribution in [-0.2, 0) is 13.1 Å². The average Bonchev–Trinajstić information content (AvgIpc) is 3.10. The van der Waals surface area contributed by atoms with Crippen LogP contribution in [0, 0.1) is 13.8 Å². The number of aryl methyl sites for hydroxylation is 2. The van der Waals surface area contributed by atoms with E-state index in [9.17, 15) is 0 Å². The van der Waals surface area contributed by atoms with E-state index in [0.29, 0.717) is 0 Å². The van der Waals surface area contributed by atoms with Crippen LogP contribution in [0.5, 0.6) is 0 Å². The van der Waals surface area contributed by atoms with E-state index in [1.165, 1.54) is 42.6 Å². The lowest BCUT2D eigenvalue weighted by Gasteiger charge is -2.27. The molecule has 0 fully saturated rings. The van der Waals surface area contributed by atoms with Crippen LogP contribution in [0.1, 0.15) is 22.3 Å². The van der Waals surface area contributed by atoms with Gasteiger partial charge in [0.15, 0.2) is 0 Å². The monoisotopic (exact) mass is 422 g/mol. The molecule has 0 radical (unpaired) electrons. The number of benzene rings is 4. The van der Waals surface area contributed by atoms with Crippen LogP contribution in [0.2, 0.25) is 0 Å². The van der Waals surface area contributed by atoms with Crippen LogP contribution in [0.25, 0.3) is 20.2 Å². The lowest BCUT2D eigenvalue weighted by Crippen LogP contribution is -2.22. The fourth-order valence-electron chi connectivity index (χ4n) is 4.25. The summed E-state index contributed by atoms with van der Waals surface area (Å²) in [5, 5.41) is 2.54. The predicted octanol–water partition coefficient (Wildman–Crippen LogP) is 7.46. The van der Waals surface area contributed by atoms with Crippen molar-refractivity contribution in [2.45, 2.75) is 26.9 Å². The topological polar surface area (TPSA) is 29.3 Å². The first-order valence-corrected chi connectivity index (χ1v) is 11.5. The Morgan fingerprint density at radius 3 is 1.77 bits per heavy atom. The summed E-state index contributed by atoms with van der Waals surface area (Å²) < 4.78 is 2.62. The van der Waals surface area contributed by atoms with Gasteiger partial charge in [0.1, 0.15) is 0 Å². The van der Waals surface area contributed by atoms with Crippen LogP contribution in [0.15, 0.2) is 84.9 Å². The molecule has 0 bridgehead atoms. The molecule has 154 valence electrons. The van der Waals surface area contributed by atoms with Crippen LogP contribution in [-0.4, -0.2) is 0 Å². The molecule has 0 aliphatic heterocycles. The maximum atomic E-state index is 6.26. The molecule has 0 atom stereocenters. The van der Waals surface area contributed by atoms with Crippen molar-refractivity contribution >= 4 is 42.9 Å². The molecule has 5 rings (SSSR count). The van der Waals surface area contributed by atoms with E-state index in [0.717, 1.165) is 24.3 Å². The Labute approximate surface area is 187 Å². The number of hydrogen-bond donors (Lipinski definition) is 1. The second-order valence-electron chi connectivity index (χ2n) is 8.27. The number of nitrogen functional groups attached to an aromatic ring is 1. The number of thiophene rings is 1. The molecular formula is C28H26N2S. The van der Waals surface area contributed by atoms with Crippen molar-refractivity contribution in [2.24, 2.45) is 0 Å². The van der Waals surface area contributed by atoms with Gasteiger partial charge >= 0.3 is 0 Å². The van der Waals surface area contributed by atoms with Gasteiger partial charge in [-0.15, -0.1) is 11.3 Å². The largest absolute Gasteiger partial charge is 0.398 e. The molecular weight excluding hydrogens is 396 g/mol. The van der Waals surface area contributed by atoms with E-state index >= 15 is 0 Å². The van der Waals surface area contributed by atoms with E-state index < -0.39 is 0 Å². The van der Waals surface area contributed by atoms with Gasteiger partial charge < -0.3 is 10.6 Å². The Morgan fingerprint density at radius 2 is 1.19 bits per heavy atom. The van der Waals surface area contributed by atoms with Crippen molar-refractivity contribution in [3.8, 4) is 0 Å². The van der Waals surface area contributed by atoms with Crippen LogP contribution < -0.4 is 10.6 Å². The zero-order valence-corrected chi connectivity index (χ0v) is 18.7. The molecule has 0 aliphatic rings. The van der Waals surface area contributed by atoms with Crippen molar-refractivity contribution in [1.29, 1.82) is 0 Å². The second kappa shape index (κ2) is 8.09. The standard InChI is InChI=1S/C28H26N2S/c1-19-13-27-23(15-25(19)29)24-16-26(20(2)14-28(24)31-27)30(17-21-9-5-3-6-10-21)18-22-11-7-4-8-12-22/h3-16H,17-18,29H2,1-2H3. The van der Waals surface area contributed by atoms with Gasteiger partial charge in [-0.1, -0.05) is 60.7 Å². The Kier molecular flexibility index (Phi) is 5.13. The summed E-state index contributed by atoms with van der Waals surface area (Å²) in [6.45, 7) is 6.04. The molecule has 2 N–H and O–H groups in total. The smallest absolute Gasteiger partial charge is 0.0433 e. The highest BCUT2D eigenvalue weighted by molar-refractivity contribution is 7.25. The van der Waals surface area contributed by atoms with Crippen molar-refractivity contribution in [3.05, 3.63) is 107 Å². The minimum absolute atomic E-state index is 0.861. The summed E-state index contributed by atoms with van der Waals surface area (Å²) in [6.07, 6.45) is 0. The SMILES string of the molecule is Cc1cc2sc3cc(C)c(N(Cc4ccccc4)Cc4ccccc4)cc3c2cc1N. The van der Waals surface area contributed by atoms with E-state index in [4.69, 9.17) is 5.73 Å². The fraction of sp³-hybridized carbons (Fsp3) is 0.143. The third-order valence-corrected chi connectivity index (χ3v) is 7.07. The lowest BCUT2D eigenvalue weighted by molar-refractivity contribution is 0.797. The highest BCUT2D eigenvalue weighted by Gasteiger charge is 2.15. The average molecular weight is 423 g/mol. The molecule has 0 aliphatic carbocycles.